The lowest BCUT2D eigenvalue weighted by molar-refractivity contribution is -0.120. The summed E-state index contributed by atoms with van der Waals surface area (Å²) >= 11 is 6.24. The fraction of sp³-hybridized carbons (Fsp3) is 0.500. The monoisotopic (exact) mass is 323 g/mol. The molecule has 0 spiro atoms. The van der Waals surface area contributed by atoms with E-state index in [2.05, 4.69) is 37.2 Å². The topological polar surface area (TPSA) is 66.4 Å². The number of aliphatic hydroxyl groups is 1. The third kappa shape index (κ3) is 1.36. The smallest absolute Gasteiger partial charge is 0.223 e. The van der Waals surface area contributed by atoms with Crippen molar-refractivity contribution in [2.45, 2.75) is 22.9 Å². The number of nitrogens with one attached hydrogen (secondary N) is 1. The molecule has 1 aliphatic carbocycles. The number of amides is 1. The van der Waals surface area contributed by atoms with Crippen molar-refractivity contribution >= 4 is 43.6 Å². The Hall–Kier alpha value is -0.200. The fourth-order valence-electron chi connectivity index (χ4n) is 1.76. The SMILES string of the molecule is O=C1C[C@@]2(O)C=C(Br)C(=O)[C@H](Br)[C@H]2N1. The first-order valence-electron chi connectivity index (χ1n) is 4.02. The normalized spacial score (nSPS) is 41.8. The molecule has 76 valence electrons. The Morgan fingerprint density at radius 2 is 2.21 bits per heavy atom. The Morgan fingerprint density at radius 1 is 1.57 bits per heavy atom. The first-order chi connectivity index (χ1) is 6.44. The number of Topliss-reactive ketones (excluding diaryl/α,β-unsaturated/α-hetero) is 1. The fourth-order valence-corrected chi connectivity index (χ4v) is 3.54. The Kier molecular flexibility index (Phi) is 2.32. The number of carbonyl (C=O) groups excluding carboxylic acids is 2. The predicted molar refractivity (Wildman–Crippen MR) is 56.2 cm³/mol. The first-order valence-corrected chi connectivity index (χ1v) is 5.73. The number of carbonyl (C=O) groups is 2. The number of fused-ring (bicyclic) bond motifs is 1. The van der Waals surface area contributed by atoms with Crippen molar-refractivity contribution < 1.29 is 14.7 Å². The van der Waals surface area contributed by atoms with E-state index in [9.17, 15) is 14.7 Å². The molecule has 1 fully saturated rings. The summed E-state index contributed by atoms with van der Waals surface area (Å²) in [5.41, 5.74) is -1.25. The zero-order chi connectivity index (χ0) is 10.5. The summed E-state index contributed by atoms with van der Waals surface area (Å²) in [5.74, 6) is -0.407. The standard InChI is InChI=1S/C8H7Br2NO3/c9-3-1-8(14)2-4(12)11-7(8)5(10)6(3)13/h1,5,7,14H,2H2,(H,11,12)/t5-,7+,8-/m0/s1. The van der Waals surface area contributed by atoms with Gasteiger partial charge in [0.15, 0.2) is 5.78 Å². The summed E-state index contributed by atoms with van der Waals surface area (Å²) in [4.78, 5) is 22.0. The van der Waals surface area contributed by atoms with E-state index in [1.165, 1.54) is 6.08 Å². The van der Waals surface area contributed by atoms with E-state index in [-0.39, 0.29) is 18.1 Å². The van der Waals surface area contributed by atoms with Crippen LogP contribution in [0, 0.1) is 0 Å². The maximum atomic E-state index is 11.5. The molecule has 4 nitrogen and oxygen atoms in total. The van der Waals surface area contributed by atoms with Crippen molar-refractivity contribution in [2.24, 2.45) is 0 Å². The molecule has 0 bridgehead atoms. The van der Waals surface area contributed by atoms with Gasteiger partial charge in [0.05, 0.1) is 16.9 Å². The van der Waals surface area contributed by atoms with Crippen molar-refractivity contribution in [3.05, 3.63) is 10.6 Å². The number of hydrogen-bond donors (Lipinski definition) is 2. The van der Waals surface area contributed by atoms with Gasteiger partial charge in [0.2, 0.25) is 5.91 Å². The second-order valence-electron chi connectivity index (χ2n) is 3.47. The van der Waals surface area contributed by atoms with Gasteiger partial charge in [-0.05, 0) is 22.0 Å². The highest BCUT2D eigenvalue weighted by Crippen LogP contribution is 2.37. The summed E-state index contributed by atoms with van der Waals surface area (Å²) < 4.78 is 0.314. The number of alkyl halides is 1. The van der Waals surface area contributed by atoms with Crippen LogP contribution in [0.2, 0.25) is 0 Å². The molecule has 2 rings (SSSR count). The van der Waals surface area contributed by atoms with E-state index < -0.39 is 16.5 Å². The van der Waals surface area contributed by atoms with Gasteiger partial charge >= 0.3 is 0 Å². The molecule has 1 heterocycles. The van der Waals surface area contributed by atoms with Crippen LogP contribution in [0.15, 0.2) is 10.6 Å². The van der Waals surface area contributed by atoms with Crippen LogP contribution >= 0.6 is 31.9 Å². The van der Waals surface area contributed by atoms with Crippen LogP contribution in [0.4, 0.5) is 0 Å². The minimum Gasteiger partial charge on any atom is -0.383 e. The molecule has 2 aliphatic rings. The number of allylic oxidation sites excluding steroid dienone is 1. The molecule has 1 saturated heterocycles. The quantitative estimate of drug-likeness (QED) is 0.627. The van der Waals surface area contributed by atoms with Gasteiger partial charge in [-0.3, -0.25) is 9.59 Å². The van der Waals surface area contributed by atoms with Crippen molar-refractivity contribution in [3.8, 4) is 0 Å². The highest BCUT2D eigenvalue weighted by atomic mass is 79.9. The molecular formula is C8H7Br2NO3. The number of halogens is 2. The predicted octanol–water partition coefficient (Wildman–Crippen LogP) is 0.231. The summed E-state index contributed by atoms with van der Waals surface area (Å²) in [7, 11) is 0. The average molecular weight is 325 g/mol. The second kappa shape index (κ2) is 3.15. The molecule has 0 aromatic heterocycles. The van der Waals surface area contributed by atoms with E-state index >= 15 is 0 Å². The third-order valence-corrected chi connectivity index (χ3v) is 4.02. The largest absolute Gasteiger partial charge is 0.383 e. The van der Waals surface area contributed by atoms with Crippen LogP contribution in [0.5, 0.6) is 0 Å². The zero-order valence-corrected chi connectivity index (χ0v) is 10.1. The molecule has 3 atom stereocenters. The van der Waals surface area contributed by atoms with E-state index in [4.69, 9.17) is 0 Å². The summed E-state index contributed by atoms with van der Waals surface area (Å²) in [5, 5.41) is 12.6. The number of rotatable bonds is 0. The summed E-state index contributed by atoms with van der Waals surface area (Å²) in [6.45, 7) is 0. The summed E-state index contributed by atoms with van der Waals surface area (Å²) in [6, 6.07) is -0.566. The Morgan fingerprint density at radius 3 is 2.86 bits per heavy atom. The highest BCUT2D eigenvalue weighted by molar-refractivity contribution is 9.12. The van der Waals surface area contributed by atoms with Crippen molar-refractivity contribution in [1.29, 1.82) is 0 Å². The van der Waals surface area contributed by atoms with Gasteiger partial charge in [0, 0.05) is 0 Å². The molecule has 6 heteroatoms. The summed E-state index contributed by atoms with van der Waals surface area (Å²) in [6.07, 6.45) is 1.40. The lowest BCUT2D eigenvalue weighted by atomic mass is 9.86. The van der Waals surface area contributed by atoms with Gasteiger partial charge in [-0.15, -0.1) is 0 Å². The molecule has 0 saturated carbocycles. The van der Waals surface area contributed by atoms with Crippen molar-refractivity contribution in [3.63, 3.8) is 0 Å². The Balaban J connectivity index is 2.45. The first kappa shape index (κ1) is 10.3. The van der Waals surface area contributed by atoms with Crippen molar-refractivity contribution in [1.82, 2.24) is 5.32 Å². The van der Waals surface area contributed by atoms with Gasteiger partial charge in [-0.25, -0.2) is 0 Å². The van der Waals surface area contributed by atoms with Gasteiger partial charge in [0.1, 0.15) is 10.4 Å². The molecule has 2 N–H and O–H groups in total. The maximum Gasteiger partial charge on any atom is 0.223 e. The molecule has 0 aromatic carbocycles. The van der Waals surface area contributed by atoms with Gasteiger partial charge < -0.3 is 10.4 Å². The van der Waals surface area contributed by atoms with E-state index in [0.29, 0.717) is 4.48 Å². The lowest BCUT2D eigenvalue weighted by Crippen LogP contribution is -2.53. The van der Waals surface area contributed by atoms with Crippen LogP contribution in [0.25, 0.3) is 0 Å². The molecule has 0 unspecified atom stereocenters. The minimum absolute atomic E-state index is 0.00213. The molecule has 0 aromatic rings. The van der Waals surface area contributed by atoms with Gasteiger partial charge in [-0.1, -0.05) is 15.9 Å². The molecular weight excluding hydrogens is 318 g/mol. The highest BCUT2D eigenvalue weighted by Gasteiger charge is 2.52. The molecule has 1 aliphatic heterocycles. The number of hydrogen-bond acceptors (Lipinski definition) is 3. The van der Waals surface area contributed by atoms with E-state index in [1.807, 2.05) is 0 Å². The van der Waals surface area contributed by atoms with Crippen LogP contribution in [-0.4, -0.2) is 33.3 Å². The van der Waals surface area contributed by atoms with E-state index in [1.54, 1.807) is 0 Å². The Labute approximate surface area is 97.0 Å². The zero-order valence-electron chi connectivity index (χ0n) is 6.96. The Bertz CT molecular complexity index is 354. The molecule has 0 radical (unpaired) electrons. The molecule has 14 heavy (non-hydrogen) atoms. The minimum atomic E-state index is -1.25. The van der Waals surface area contributed by atoms with Crippen LogP contribution in [-0.2, 0) is 9.59 Å². The van der Waals surface area contributed by atoms with Gasteiger partial charge in [-0.2, -0.15) is 0 Å². The van der Waals surface area contributed by atoms with E-state index in [0.717, 1.165) is 0 Å². The maximum absolute atomic E-state index is 11.5. The number of ketones is 1. The van der Waals surface area contributed by atoms with Gasteiger partial charge in [0.25, 0.3) is 0 Å². The average Bonchev–Trinajstić information content (AvgIpc) is 2.37. The van der Waals surface area contributed by atoms with Crippen molar-refractivity contribution in [2.75, 3.05) is 0 Å². The molecule has 1 amide bonds. The second-order valence-corrected chi connectivity index (χ2v) is 5.31. The van der Waals surface area contributed by atoms with Crippen LogP contribution in [0.1, 0.15) is 6.42 Å². The van der Waals surface area contributed by atoms with Crippen LogP contribution < -0.4 is 5.32 Å². The lowest BCUT2D eigenvalue weighted by Gasteiger charge is -2.32. The third-order valence-electron chi connectivity index (χ3n) is 2.45. The van der Waals surface area contributed by atoms with Crippen LogP contribution in [0.3, 0.4) is 0 Å².